The quantitative estimate of drug-likeness (QED) is 0.526. The van der Waals surface area contributed by atoms with Crippen LogP contribution in [0.4, 0.5) is 0 Å². The molecule has 0 unspecified atom stereocenters. The summed E-state index contributed by atoms with van der Waals surface area (Å²) in [7, 11) is 4.43. The van der Waals surface area contributed by atoms with Crippen LogP contribution in [-0.4, -0.2) is 37.1 Å². The van der Waals surface area contributed by atoms with E-state index in [-0.39, 0.29) is 11.5 Å². The van der Waals surface area contributed by atoms with Gasteiger partial charge in [0.05, 0.1) is 14.2 Å². The van der Waals surface area contributed by atoms with E-state index < -0.39 is 0 Å². The predicted molar refractivity (Wildman–Crippen MR) is 101 cm³/mol. The average molecular weight is 370 g/mol. The Morgan fingerprint density at radius 3 is 2.50 bits per heavy atom. The molecule has 7 heteroatoms. The molecule has 1 aromatic heterocycles. The fourth-order valence-corrected chi connectivity index (χ4v) is 3.33. The van der Waals surface area contributed by atoms with E-state index in [1.807, 2.05) is 35.7 Å². The Hall–Kier alpha value is -3.06. The summed E-state index contributed by atoms with van der Waals surface area (Å²) in [5, 5.41) is 17.1. The van der Waals surface area contributed by atoms with Gasteiger partial charge in [0, 0.05) is 16.5 Å². The van der Waals surface area contributed by atoms with Crippen molar-refractivity contribution in [1.29, 1.82) is 0 Å². The third-order valence-electron chi connectivity index (χ3n) is 3.68. The van der Waals surface area contributed by atoms with Crippen LogP contribution in [0.1, 0.15) is 11.3 Å². The number of aromatic nitrogens is 1. The van der Waals surface area contributed by atoms with Crippen molar-refractivity contribution >= 4 is 17.0 Å². The van der Waals surface area contributed by atoms with Gasteiger partial charge in [-0.2, -0.15) is 0 Å². The second-order valence-electron chi connectivity index (χ2n) is 5.26. The molecule has 0 bridgehead atoms. The Morgan fingerprint density at radius 1 is 1.08 bits per heavy atom. The average Bonchev–Trinajstić information content (AvgIpc) is 3.16. The van der Waals surface area contributed by atoms with E-state index >= 15 is 0 Å². The standard InChI is InChI=1S/C19H18N2O4S/c1-23-16-10-13(9-15(22)18(16)24-2)17(21-25-3)14-11-26-19(20-14)12-7-5-4-6-8-12/h4-11,22H,1-3H3/b21-17+. The summed E-state index contributed by atoms with van der Waals surface area (Å²) >= 11 is 1.51. The van der Waals surface area contributed by atoms with Gasteiger partial charge in [-0.05, 0) is 12.1 Å². The monoisotopic (exact) mass is 370 g/mol. The lowest BCUT2D eigenvalue weighted by Gasteiger charge is -2.12. The number of ether oxygens (including phenoxy) is 2. The van der Waals surface area contributed by atoms with Crippen LogP contribution in [-0.2, 0) is 4.84 Å². The van der Waals surface area contributed by atoms with Crippen LogP contribution < -0.4 is 9.47 Å². The molecule has 134 valence electrons. The lowest BCUT2D eigenvalue weighted by molar-refractivity contribution is 0.214. The Labute approximate surface area is 155 Å². The number of nitrogens with zero attached hydrogens (tertiary/aromatic N) is 2. The van der Waals surface area contributed by atoms with Crippen LogP contribution in [0.15, 0.2) is 53.0 Å². The third-order valence-corrected chi connectivity index (χ3v) is 4.57. The number of aromatic hydroxyl groups is 1. The topological polar surface area (TPSA) is 73.2 Å². The molecule has 0 saturated carbocycles. The van der Waals surface area contributed by atoms with Gasteiger partial charge in [0.25, 0.3) is 0 Å². The van der Waals surface area contributed by atoms with Crippen molar-refractivity contribution in [3.63, 3.8) is 0 Å². The molecule has 6 nitrogen and oxygen atoms in total. The van der Waals surface area contributed by atoms with Crippen LogP contribution in [0.2, 0.25) is 0 Å². The normalized spacial score (nSPS) is 11.3. The SMILES string of the molecule is CO/N=C(\c1cc(O)c(OC)c(OC)c1)c1csc(-c2ccccc2)n1. The molecule has 0 atom stereocenters. The number of benzene rings is 2. The number of hydrogen-bond donors (Lipinski definition) is 1. The van der Waals surface area contributed by atoms with Crippen LogP contribution in [0.5, 0.6) is 17.2 Å². The summed E-state index contributed by atoms with van der Waals surface area (Å²) in [5.41, 5.74) is 2.76. The van der Waals surface area contributed by atoms with E-state index in [1.54, 1.807) is 12.1 Å². The molecule has 3 aromatic rings. The highest BCUT2D eigenvalue weighted by Gasteiger charge is 2.19. The van der Waals surface area contributed by atoms with Crippen molar-refractivity contribution in [3.05, 3.63) is 59.1 Å². The zero-order valence-electron chi connectivity index (χ0n) is 14.6. The first-order valence-electron chi connectivity index (χ1n) is 7.75. The van der Waals surface area contributed by atoms with E-state index in [0.29, 0.717) is 22.7 Å². The molecule has 0 fully saturated rings. The minimum atomic E-state index is -0.0517. The van der Waals surface area contributed by atoms with Gasteiger partial charge in [-0.3, -0.25) is 0 Å². The van der Waals surface area contributed by atoms with Crippen molar-refractivity contribution in [2.24, 2.45) is 5.16 Å². The fraction of sp³-hybridized carbons (Fsp3) is 0.158. The van der Waals surface area contributed by atoms with Crippen LogP contribution >= 0.6 is 11.3 Å². The highest BCUT2D eigenvalue weighted by atomic mass is 32.1. The van der Waals surface area contributed by atoms with E-state index in [1.165, 1.54) is 32.7 Å². The maximum absolute atomic E-state index is 10.2. The minimum absolute atomic E-state index is 0.0517. The van der Waals surface area contributed by atoms with Crippen LogP contribution in [0.25, 0.3) is 10.6 Å². The molecule has 0 radical (unpaired) electrons. The van der Waals surface area contributed by atoms with Crippen LogP contribution in [0, 0.1) is 0 Å². The van der Waals surface area contributed by atoms with Gasteiger partial charge in [-0.25, -0.2) is 4.98 Å². The zero-order chi connectivity index (χ0) is 18.5. The van der Waals surface area contributed by atoms with Gasteiger partial charge in [0.1, 0.15) is 23.5 Å². The Bertz CT molecular complexity index is 923. The highest BCUT2D eigenvalue weighted by molar-refractivity contribution is 7.13. The van der Waals surface area contributed by atoms with Crippen molar-refractivity contribution in [2.75, 3.05) is 21.3 Å². The summed E-state index contributed by atoms with van der Waals surface area (Å²) < 4.78 is 10.5. The molecule has 0 amide bonds. The molecule has 0 aliphatic carbocycles. The summed E-state index contributed by atoms with van der Waals surface area (Å²) in [6.07, 6.45) is 0. The molecule has 0 aliphatic rings. The summed E-state index contributed by atoms with van der Waals surface area (Å²) in [6.45, 7) is 0. The van der Waals surface area contributed by atoms with Crippen molar-refractivity contribution in [3.8, 4) is 27.8 Å². The molecular formula is C19H18N2O4S. The van der Waals surface area contributed by atoms with Crippen LogP contribution in [0.3, 0.4) is 0 Å². The highest BCUT2D eigenvalue weighted by Crippen LogP contribution is 2.38. The smallest absolute Gasteiger partial charge is 0.203 e. The maximum Gasteiger partial charge on any atom is 0.203 e. The van der Waals surface area contributed by atoms with Gasteiger partial charge in [0.15, 0.2) is 11.5 Å². The molecule has 1 heterocycles. The Balaban J connectivity index is 2.05. The first-order valence-corrected chi connectivity index (χ1v) is 8.63. The molecular weight excluding hydrogens is 352 g/mol. The second kappa shape index (κ2) is 7.88. The number of hydrogen-bond acceptors (Lipinski definition) is 7. The van der Waals surface area contributed by atoms with E-state index in [2.05, 4.69) is 10.1 Å². The van der Waals surface area contributed by atoms with E-state index in [9.17, 15) is 5.11 Å². The lowest BCUT2D eigenvalue weighted by atomic mass is 10.1. The summed E-state index contributed by atoms with van der Waals surface area (Å²) in [5.74, 6) is 0.602. The van der Waals surface area contributed by atoms with E-state index in [0.717, 1.165) is 10.6 Å². The number of phenolic OH excluding ortho intramolecular Hbond substituents is 1. The number of oxime groups is 1. The van der Waals surface area contributed by atoms with Gasteiger partial charge in [-0.15, -0.1) is 11.3 Å². The van der Waals surface area contributed by atoms with Gasteiger partial charge < -0.3 is 19.4 Å². The third kappa shape index (κ3) is 3.48. The Morgan fingerprint density at radius 2 is 1.85 bits per heavy atom. The summed E-state index contributed by atoms with van der Waals surface area (Å²) in [6, 6.07) is 13.1. The number of phenols is 1. The van der Waals surface area contributed by atoms with Crippen molar-refractivity contribution < 1.29 is 19.4 Å². The molecule has 3 rings (SSSR count). The number of methoxy groups -OCH3 is 2. The first-order chi connectivity index (χ1) is 12.7. The maximum atomic E-state index is 10.2. The van der Waals surface area contributed by atoms with Gasteiger partial charge in [0.2, 0.25) is 5.75 Å². The largest absolute Gasteiger partial charge is 0.504 e. The summed E-state index contributed by atoms with van der Waals surface area (Å²) in [4.78, 5) is 9.65. The minimum Gasteiger partial charge on any atom is -0.504 e. The molecule has 2 aromatic carbocycles. The van der Waals surface area contributed by atoms with E-state index in [4.69, 9.17) is 14.3 Å². The molecule has 0 aliphatic heterocycles. The molecule has 26 heavy (non-hydrogen) atoms. The predicted octanol–water partition coefficient (Wildman–Crippen LogP) is 3.93. The Kier molecular flexibility index (Phi) is 5.38. The lowest BCUT2D eigenvalue weighted by Crippen LogP contribution is -2.06. The molecule has 0 saturated heterocycles. The zero-order valence-corrected chi connectivity index (χ0v) is 15.4. The molecule has 1 N–H and O–H groups in total. The molecule has 0 spiro atoms. The number of rotatable bonds is 6. The van der Waals surface area contributed by atoms with Crippen molar-refractivity contribution in [2.45, 2.75) is 0 Å². The first kappa shape index (κ1) is 17.8. The number of thiazole rings is 1. The van der Waals surface area contributed by atoms with Crippen molar-refractivity contribution in [1.82, 2.24) is 4.98 Å². The fourth-order valence-electron chi connectivity index (χ4n) is 2.52. The second-order valence-corrected chi connectivity index (χ2v) is 6.12. The van der Waals surface area contributed by atoms with Gasteiger partial charge in [-0.1, -0.05) is 35.5 Å². The van der Waals surface area contributed by atoms with Gasteiger partial charge >= 0.3 is 0 Å².